The van der Waals surface area contributed by atoms with Gasteiger partial charge in [0.1, 0.15) is 5.82 Å². The number of aliphatic carboxylic acids is 1. The molecule has 0 aliphatic rings. The van der Waals surface area contributed by atoms with Crippen LogP contribution >= 0.6 is 0 Å². The van der Waals surface area contributed by atoms with Gasteiger partial charge in [-0.25, -0.2) is 9.18 Å². The van der Waals surface area contributed by atoms with Crippen LogP contribution < -0.4 is 4.18 Å². The van der Waals surface area contributed by atoms with Gasteiger partial charge in [0.05, 0.1) is 0 Å². The molecule has 0 bridgehead atoms. The second-order valence-corrected chi connectivity index (χ2v) is 6.49. The highest BCUT2D eigenvalue weighted by molar-refractivity contribution is 7.88. The maximum atomic E-state index is 14.4. The van der Waals surface area contributed by atoms with Gasteiger partial charge in [0.2, 0.25) is 0 Å². The largest absolute Gasteiger partial charge is 0.534 e. The fraction of sp³-hybridized carbons (Fsp3) is 0.214. The molecule has 0 spiro atoms. The molecule has 0 heterocycles. The molecule has 2 rings (SSSR count). The Labute approximate surface area is 138 Å². The van der Waals surface area contributed by atoms with Crippen molar-refractivity contribution in [1.82, 2.24) is 0 Å². The Morgan fingerprint density at radius 2 is 1.72 bits per heavy atom. The molecular weight excluding hydrogens is 372 g/mol. The number of alkyl halides is 3. The highest BCUT2D eigenvalue weighted by Crippen LogP contribution is 2.41. The molecule has 0 fully saturated rings. The van der Waals surface area contributed by atoms with Gasteiger partial charge in [-0.05, 0) is 12.5 Å². The third kappa shape index (κ3) is 3.24. The van der Waals surface area contributed by atoms with Crippen LogP contribution in [-0.4, -0.2) is 30.1 Å². The first-order valence-electron chi connectivity index (χ1n) is 6.50. The molecule has 2 aromatic carbocycles. The lowest BCUT2D eigenvalue weighted by Crippen LogP contribution is -2.29. The monoisotopic (exact) mass is 382 g/mol. The normalized spacial score (nSPS) is 13.7. The molecule has 0 aliphatic heterocycles. The van der Waals surface area contributed by atoms with E-state index < -0.39 is 55.8 Å². The molecule has 1 atom stereocenters. The van der Waals surface area contributed by atoms with Crippen molar-refractivity contribution in [2.45, 2.75) is 18.5 Å². The zero-order valence-corrected chi connectivity index (χ0v) is 13.2. The van der Waals surface area contributed by atoms with Crippen molar-refractivity contribution in [2.24, 2.45) is 0 Å². The van der Waals surface area contributed by atoms with Gasteiger partial charge in [-0.1, -0.05) is 24.3 Å². The first-order chi connectivity index (χ1) is 11.4. The average Bonchev–Trinajstić information content (AvgIpc) is 2.50. The number of carbonyl (C=O) groups is 1. The summed E-state index contributed by atoms with van der Waals surface area (Å²) in [5.41, 5.74) is -7.28. The number of aliphatic hydroxyl groups is 1. The molecule has 0 saturated carbocycles. The third-order valence-electron chi connectivity index (χ3n) is 3.37. The predicted octanol–water partition coefficient (Wildman–Crippen LogP) is 2.63. The minimum Gasteiger partial charge on any atom is -0.479 e. The molecule has 2 aromatic rings. The van der Waals surface area contributed by atoms with Gasteiger partial charge in [0.25, 0.3) is 0 Å². The van der Waals surface area contributed by atoms with Crippen molar-refractivity contribution < 1.29 is 45.2 Å². The summed E-state index contributed by atoms with van der Waals surface area (Å²) < 4.78 is 79.0. The first-order valence-corrected chi connectivity index (χ1v) is 7.91. The van der Waals surface area contributed by atoms with Crippen LogP contribution in [0.4, 0.5) is 17.6 Å². The van der Waals surface area contributed by atoms with Gasteiger partial charge in [-0.3, -0.25) is 0 Å². The summed E-state index contributed by atoms with van der Waals surface area (Å²) in [7, 11) is -6.18. The van der Waals surface area contributed by atoms with E-state index >= 15 is 0 Å². The van der Waals surface area contributed by atoms with Crippen LogP contribution in [-0.2, 0) is 14.9 Å². The number of hydrogen-bond donors (Lipinski definition) is 2. The standard InChI is InChI=1S/C14H10F4O6S/c1-6-9(11(19)13(20)21)12(24-25(22,23)14(16,17)18)8-5-3-2-4-7(8)10(6)15/h2-5,11,19H,1H3,(H,20,21). The summed E-state index contributed by atoms with van der Waals surface area (Å²) in [6.45, 7) is 0.982. The van der Waals surface area contributed by atoms with E-state index in [9.17, 15) is 35.9 Å². The molecule has 0 amide bonds. The molecular formula is C14H10F4O6S. The predicted molar refractivity (Wildman–Crippen MR) is 76.8 cm³/mol. The topological polar surface area (TPSA) is 101 Å². The van der Waals surface area contributed by atoms with E-state index in [0.29, 0.717) is 0 Å². The molecule has 0 aromatic heterocycles. The van der Waals surface area contributed by atoms with E-state index in [2.05, 4.69) is 4.18 Å². The number of aliphatic hydroxyl groups excluding tert-OH is 1. The number of rotatable bonds is 4. The molecule has 136 valence electrons. The van der Waals surface area contributed by atoms with Crippen molar-refractivity contribution in [3.63, 3.8) is 0 Å². The van der Waals surface area contributed by atoms with E-state index in [0.717, 1.165) is 19.1 Å². The summed E-state index contributed by atoms with van der Waals surface area (Å²) in [6, 6.07) is 4.76. The second-order valence-electron chi connectivity index (χ2n) is 4.95. The van der Waals surface area contributed by atoms with Crippen LogP contribution in [0.3, 0.4) is 0 Å². The van der Waals surface area contributed by atoms with E-state index in [1.807, 2.05) is 0 Å². The lowest BCUT2D eigenvalue weighted by atomic mass is 9.96. The highest BCUT2D eigenvalue weighted by atomic mass is 32.2. The van der Waals surface area contributed by atoms with Crippen LogP contribution in [0.1, 0.15) is 17.2 Å². The van der Waals surface area contributed by atoms with Crippen LogP contribution in [0, 0.1) is 12.7 Å². The van der Waals surface area contributed by atoms with Gasteiger partial charge < -0.3 is 14.4 Å². The smallest absolute Gasteiger partial charge is 0.479 e. The number of halogens is 4. The molecule has 6 nitrogen and oxygen atoms in total. The zero-order valence-electron chi connectivity index (χ0n) is 12.3. The highest BCUT2D eigenvalue weighted by Gasteiger charge is 2.49. The van der Waals surface area contributed by atoms with Crippen LogP contribution in [0.5, 0.6) is 5.75 Å². The first kappa shape index (κ1) is 18.9. The van der Waals surface area contributed by atoms with Gasteiger partial charge in [0.15, 0.2) is 11.9 Å². The number of benzene rings is 2. The fourth-order valence-corrected chi connectivity index (χ4v) is 2.70. The molecule has 0 aliphatic carbocycles. The SMILES string of the molecule is Cc1c(C(O)C(=O)O)c(OS(=O)(=O)C(F)(F)F)c2ccccc2c1F. The summed E-state index contributed by atoms with van der Waals surface area (Å²) in [5.74, 6) is -4.04. The Kier molecular flexibility index (Phi) is 4.66. The fourth-order valence-electron chi connectivity index (χ4n) is 2.21. The van der Waals surface area contributed by atoms with Crippen LogP contribution in [0.15, 0.2) is 24.3 Å². The van der Waals surface area contributed by atoms with Crippen molar-refractivity contribution in [1.29, 1.82) is 0 Å². The number of carboxylic acids is 1. The number of fused-ring (bicyclic) bond motifs is 1. The van der Waals surface area contributed by atoms with Crippen molar-refractivity contribution in [3.8, 4) is 5.75 Å². The Morgan fingerprint density at radius 1 is 1.20 bits per heavy atom. The Bertz CT molecular complexity index is 952. The maximum absolute atomic E-state index is 14.4. The van der Waals surface area contributed by atoms with E-state index in [1.165, 1.54) is 12.1 Å². The minimum absolute atomic E-state index is 0.297. The Hall–Kier alpha value is -2.40. The maximum Gasteiger partial charge on any atom is 0.534 e. The molecule has 2 N–H and O–H groups in total. The lowest BCUT2D eigenvalue weighted by Gasteiger charge is -2.19. The Balaban J connectivity index is 2.91. The third-order valence-corrected chi connectivity index (χ3v) is 4.32. The average molecular weight is 382 g/mol. The summed E-state index contributed by atoms with van der Waals surface area (Å²) in [6.07, 6.45) is -2.50. The number of hydrogen-bond acceptors (Lipinski definition) is 5. The number of carboxylic acid groups (broad SMARTS) is 1. The zero-order chi connectivity index (χ0) is 19.2. The van der Waals surface area contributed by atoms with E-state index in [4.69, 9.17) is 5.11 Å². The van der Waals surface area contributed by atoms with Gasteiger partial charge >= 0.3 is 21.6 Å². The molecule has 11 heteroatoms. The molecule has 1 unspecified atom stereocenters. The second kappa shape index (κ2) is 6.15. The van der Waals surface area contributed by atoms with Crippen LogP contribution in [0.2, 0.25) is 0 Å². The van der Waals surface area contributed by atoms with Crippen molar-refractivity contribution >= 4 is 26.9 Å². The van der Waals surface area contributed by atoms with Gasteiger partial charge in [0, 0.05) is 16.3 Å². The molecule has 25 heavy (non-hydrogen) atoms. The van der Waals surface area contributed by atoms with Gasteiger partial charge in [-0.15, -0.1) is 0 Å². The minimum atomic E-state index is -6.18. The van der Waals surface area contributed by atoms with Crippen molar-refractivity contribution in [2.75, 3.05) is 0 Å². The summed E-state index contributed by atoms with van der Waals surface area (Å²) >= 11 is 0. The summed E-state index contributed by atoms with van der Waals surface area (Å²) in [5, 5.41) is 17.9. The summed E-state index contributed by atoms with van der Waals surface area (Å²) in [4.78, 5) is 11.0. The quantitative estimate of drug-likeness (QED) is 0.479. The van der Waals surface area contributed by atoms with E-state index in [-0.39, 0.29) is 5.39 Å². The van der Waals surface area contributed by atoms with E-state index in [1.54, 1.807) is 0 Å². The van der Waals surface area contributed by atoms with Crippen LogP contribution in [0.25, 0.3) is 10.8 Å². The lowest BCUT2D eigenvalue weighted by molar-refractivity contribution is -0.147. The molecule has 0 radical (unpaired) electrons. The van der Waals surface area contributed by atoms with Gasteiger partial charge in [-0.2, -0.15) is 21.6 Å². The Morgan fingerprint density at radius 3 is 2.20 bits per heavy atom. The van der Waals surface area contributed by atoms with Crippen molar-refractivity contribution in [3.05, 3.63) is 41.2 Å². The molecule has 0 saturated heterocycles.